The van der Waals surface area contributed by atoms with Crippen LogP contribution in [0.4, 0.5) is 4.79 Å². The molecule has 2 bridgehead atoms. The van der Waals surface area contributed by atoms with Crippen molar-refractivity contribution in [3.8, 4) is 0 Å². The number of hydrogen-bond donors (Lipinski definition) is 0. The third kappa shape index (κ3) is 1.39. The molecule has 3 fully saturated rings. The maximum atomic E-state index is 11.4. The Bertz CT molecular complexity index is 289. The summed E-state index contributed by atoms with van der Waals surface area (Å²) in [5, 5.41) is 0. The summed E-state index contributed by atoms with van der Waals surface area (Å²) in [6, 6.07) is 0.160. The smallest absolute Gasteiger partial charge is 0.394 e. The molecular formula is C7H7I2NO4. The molecule has 0 spiro atoms. The van der Waals surface area contributed by atoms with E-state index in [1.54, 1.807) is 50.9 Å². The van der Waals surface area contributed by atoms with Crippen LogP contribution < -0.4 is 0 Å². The fourth-order valence-corrected chi connectivity index (χ4v) is 2.94. The van der Waals surface area contributed by atoms with Crippen LogP contribution >= 0.6 is 46.0 Å². The van der Waals surface area contributed by atoms with E-state index < -0.39 is 5.41 Å². The molecule has 0 aromatic carbocycles. The third-order valence-electron chi connectivity index (χ3n) is 2.97. The number of amides is 1. The van der Waals surface area contributed by atoms with Gasteiger partial charge in [-0.25, -0.2) is 4.79 Å². The molecule has 3 rings (SSSR count). The second-order valence-electron chi connectivity index (χ2n) is 3.68. The van der Waals surface area contributed by atoms with Crippen molar-refractivity contribution in [3.63, 3.8) is 0 Å². The predicted molar refractivity (Wildman–Crippen MR) is 62.8 cm³/mol. The topological polar surface area (TPSA) is 55.8 Å². The summed E-state index contributed by atoms with van der Waals surface area (Å²) in [5.74, 6) is -0.224. The molecule has 2 saturated heterocycles. The van der Waals surface area contributed by atoms with Crippen LogP contribution in [0.25, 0.3) is 0 Å². The van der Waals surface area contributed by atoms with Crippen LogP contribution in [0.5, 0.6) is 0 Å². The monoisotopic (exact) mass is 423 g/mol. The zero-order valence-electron chi connectivity index (χ0n) is 7.03. The standard InChI is InChI=1S/C7H7I2NO4/c8-13-5(11)7-1-4(2-7)10(3-7)6(12)14-9/h4H,1-3H2. The van der Waals surface area contributed by atoms with Crippen LogP contribution in [0.2, 0.25) is 0 Å². The van der Waals surface area contributed by atoms with E-state index in [1.165, 1.54) is 0 Å². The molecule has 2 heterocycles. The van der Waals surface area contributed by atoms with E-state index in [0.717, 1.165) is 0 Å². The number of fused-ring (bicyclic) bond motifs is 1. The number of halogens is 2. The Morgan fingerprint density at radius 2 is 1.93 bits per heavy atom. The second-order valence-corrected chi connectivity index (χ2v) is 4.56. The normalized spacial score (nSPS) is 33.6. The van der Waals surface area contributed by atoms with Gasteiger partial charge in [-0.1, -0.05) is 0 Å². The van der Waals surface area contributed by atoms with Crippen molar-refractivity contribution in [1.29, 1.82) is 0 Å². The fourth-order valence-electron chi connectivity index (χ4n) is 2.22. The number of rotatable bonds is 1. The summed E-state index contributed by atoms with van der Waals surface area (Å²) in [6.45, 7) is 0.432. The van der Waals surface area contributed by atoms with Gasteiger partial charge in [0, 0.05) is 12.6 Å². The Morgan fingerprint density at radius 1 is 1.29 bits per heavy atom. The average Bonchev–Trinajstić information content (AvgIpc) is 2.69. The second kappa shape index (κ2) is 3.65. The molecule has 0 unspecified atom stereocenters. The zero-order chi connectivity index (χ0) is 10.3. The van der Waals surface area contributed by atoms with Crippen molar-refractivity contribution >= 4 is 58.1 Å². The largest absolute Gasteiger partial charge is 0.419 e. The van der Waals surface area contributed by atoms with Crippen molar-refractivity contribution in [2.45, 2.75) is 18.9 Å². The Labute approximate surface area is 109 Å². The maximum absolute atomic E-state index is 11.4. The van der Waals surface area contributed by atoms with E-state index in [4.69, 9.17) is 0 Å². The summed E-state index contributed by atoms with van der Waals surface area (Å²) >= 11 is 3.14. The Morgan fingerprint density at radius 3 is 2.43 bits per heavy atom. The lowest BCUT2D eigenvalue weighted by atomic mass is 9.70. The summed E-state index contributed by atoms with van der Waals surface area (Å²) in [6.07, 6.45) is 1.05. The van der Waals surface area contributed by atoms with E-state index >= 15 is 0 Å². The molecule has 0 aromatic rings. The van der Waals surface area contributed by atoms with Crippen LogP contribution in [-0.2, 0) is 10.9 Å². The molecule has 5 nitrogen and oxygen atoms in total. The van der Waals surface area contributed by atoms with Crippen LogP contribution in [0, 0.1) is 5.41 Å². The molecule has 3 aliphatic rings. The predicted octanol–water partition coefficient (Wildman–Crippen LogP) is 1.83. The molecule has 7 heteroatoms. The molecule has 1 aliphatic carbocycles. The van der Waals surface area contributed by atoms with E-state index in [2.05, 4.69) is 6.13 Å². The van der Waals surface area contributed by atoms with Gasteiger partial charge in [-0.05, 0) is 12.8 Å². The van der Waals surface area contributed by atoms with E-state index in [9.17, 15) is 9.59 Å². The third-order valence-corrected chi connectivity index (χ3v) is 3.75. The molecule has 1 saturated carbocycles. The summed E-state index contributed by atoms with van der Waals surface area (Å²) in [5.41, 5.74) is -0.448. The molecule has 0 radical (unpaired) electrons. The molecular weight excluding hydrogens is 416 g/mol. The van der Waals surface area contributed by atoms with E-state index in [0.29, 0.717) is 19.4 Å². The van der Waals surface area contributed by atoms with Gasteiger partial charge in [-0.15, -0.1) is 0 Å². The first kappa shape index (κ1) is 10.7. The van der Waals surface area contributed by atoms with Crippen LogP contribution in [0.15, 0.2) is 0 Å². The van der Waals surface area contributed by atoms with Crippen molar-refractivity contribution in [2.75, 3.05) is 6.54 Å². The van der Waals surface area contributed by atoms with E-state index in [-0.39, 0.29) is 18.1 Å². The average molecular weight is 423 g/mol. The lowest BCUT2D eigenvalue weighted by Crippen LogP contribution is -2.41. The highest BCUT2D eigenvalue weighted by molar-refractivity contribution is 14.1. The van der Waals surface area contributed by atoms with Gasteiger partial charge in [-0.2, -0.15) is 0 Å². The van der Waals surface area contributed by atoms with Gasteiger partial charge in [0.2, 0.25) is 0 Å². The van der Waals surface area contributed by atoms with Crippen LogP contribution in [-0.4, -0.2) is 29.5 Å². The minimum Gasteiger partial charge on any atom is -0.394 e. The summed E-state index contributed by atoms with van der Waals surface area (Å²) < 4.78 is 9.28. The highest BCUT2D eigenvalue weighted by Crippen LogP contribution is 2.53. The fraction of sp³-hybridized carbons (Fsp3) is 0.714. The first-order valence-electron chi connectivity index (χ1n) is 4.05. The molecule has 0 aromatic heterocycles. The minimum absolute atomic E-state index is 0.160. The Hall–Kier alpha value is 0.200. The van der Waals surface area contributed by atoms with Crippen molar-refractivity contribution in [3.05, 3.63) is 0 Å². The SMILES string of the molecule is O=C(OI)N1CC2(C(=O)OI)CC1C2. The van der Waals surface area contributed by atoms with E-state index in [1.807, 2.05) is 0 Å². The van der Waals surface area contributed by atoms with Crippen molar-refractivity contribution in [1.82, 2.24) is 4.90 Å². The van der Waals surface area contributed by atoms with Crippen molar-refractivity contribution in [2.24, 2.45) is 5.41 Å². The minimum atomic E-state index is -0.448. The molecule has 2 aliphatic heterocycles. The number of carbonyl (C=O) groups excluding carboxylic acids is 2. The quantitative estimate of drug-likeness (QED) is 0.605. The Balaban J connectivity index is 2.07. The van der Waals surface area contributed by atoms with Gasteiger partial charge in [0.05, 0.1) is 5.41 Å². The van der Waals surface area contributed by atoms with Crippen LogP contribution in [0.1, 0.15) is 12.8 Å². The molecule has 0 N–H and O–H groups in total. The lowest BCUT2D eigenvalue weighted by Gasteiger charge is -2.32. The summed E-state index contributed by atoms with van der Waals surface area (Å²) in [7, 11) is 0. The Kier molecular flexibility index (Phi) is 2.79. The maximum Gasteiger partial charge on any atom is 0.419 e. The van der Waals surface area contributed by atoms with Gasteiger partial charge in [-0.3, -0.25) is 4.79 Å². The van der Waals surface area contributed by atoms with Gasteiger partial charge in [0.15, 0.2) is 46.0 Å². The highest BCUT2D eigenvalue weighted by Gasteiger charge is 2.62. The molecule has 1 amide bonds. The molecule has 78 valence electrons. The van der Waals surface area contributed by atoms with Crippen molar-refractivity contribution < 1.29 is 15.7 Å². The highest BCUT2D eigenvalue weighted by atomic mass is 127. The van der Waals surface area contributed by atoms with Gasteiger partial charge < -0.3 is 11.0 Å². The zero-order valence-corrected chi connectivity index (χ0v) is 11.3. The summed E-state index contributed by atoms with van der Waals surface area (Å²) in [4.78, 5) is 24.3. The molecule has 14 heavy (non-hydrogen) atoms. The van der Waals surface area contributed by atoms with Gasteiger partial charge in [0.1, 0.15) is 0 Å². The first-order chi connectivity index (χ1) is 6.63. The number of nitrogens with zero attached hydrogens (tertiary/aromatic N) is 1. The lowest BCUT2D eigenvalue weighted by molar-refractivity contribution is -0.144. The van der Waals surface area contributed by atoms with Crippen LogP contribution in [0.3, 0.4) is 0 Å². The van der Waals surface area contributed by atoms with Gasteiger partial charge in [0.25, 0.3) is 0 Å². The molecule has 0 atom stereocenters. The first-order valence-corrected chi connectivity index (χ1v) is 5.81. The number of carbonyl (C=O) groups is 2. The number of hydrogen-bond acceptors (Lipinski definition) is 4. The van der Waals surface area contributed by atoms with Gasteiger partial charge >= 0.3 is 12.1 Å².